The fourth-order valence-corrected chi connectivity index (χ4v) is 1.29. The third kappa shape index (κ3) is 4.02. The summed E-state index contributed by atoms with van der Waals surface area (Å²) in [6, 6.07) is 0. The van der Waals surface area contributed by atoms with Crippen LogP contribution in [0.25, 0.3) is 0 Å². The Kier molecular flexibility index (Phi) is 4.98. The quantitative estimate of drug-likeness (QED) is 0.763. The second-order valence-electron chi connectivity index (χ2n) is 3.88. The van der Waals surface area contributed by atoms with Crippen molar-refractivity contribution in [1.29, 1.82) is 0 Å². The number of aromatic nitrogens is 2. The topological polar surface area (TPSA) is 67.0 Å². The molecule has 1 rings (SSSR count). The summed E-state index contributed by atoms with van der Waals surface area (Å²) in [4.78, 5) is 11.5. The van der Waals surface area contributed by atoms with Crippen LogP contribution in [0.15, 0.2) is 6.20 Å². The Balaban J connectivity index is 2.23. The highest BCUT2D eigenvalue weighted by Crippen LogP contribution is 2.03. The number of carbonyl (C=O) groups excluding carboxylic acids is 1. The molecule has 0 radical (unpaired) electrons. The Bertz CT molecular complexity index is 336. The van der Waals surface area contributed by atoms with E-state index in [4.69, 9.17) is 4.74 Å². The zero-order chi connectivity index (χ0) is 12.0. The van der Waals surface area contributed by atoms with Crippen molar-refractivity contribution >= 4 is 5.91 Å². The molecule has 0 aromatic carbocycles. The molecule has 0 aliphatic rings. The van der Waals surface area contributed by atoms with Gasteiger partial charge in [-0.1, -0.05) is 0 Å². The van der Waals surface area contributed by atoms with Gasteiger partial charge in [-0.25, -0.2) is 0 Å². The lowest BCUT2D eigenvalue weighted by atomic mass is 10.2. The highest BCUT2D eigenvalue weighted by Gasteiger charge is 2.06. The average Bonchev–Trinajstić information content (AvgIpc) is 2.69. The second-order valence-corrected chi connectivity index (χ2v) is 3.88. The summed E-state index contributed by atoms with van der Waals surface area (Å²) in [6.45, 7) is 4.41. The van der Waals surface area contributed by atoms with E-state index in [0.717, 1.165) is 17.7 Å². The van der Waals surface area contributed by atoms with Crippen LogP contribution in [0.3, 0.4) is 0 Å². The molecular weight excluding hydrogens is 206 g/mol. The first-order valence-electron chi connectivity index (χ1n) is 5.41. The van der Waals surface area contributed by atoms with Gasteiger partial charge < -0.3 is 10.1 Å². The van der Waals surface area contributed by atoms with Gasteiger partial charge in [0, 0.05) is 31.3 Å². The molecule has 0 saturated carbocycles. The van der Waals surface area contributed by atoms with E-state index in [1.54, 1.807) is 13.3 Å². The number of nitrogens with zero attached hydrogens (tertiary/aromatic N) is 1. The van der Waals surface area contributed by atoms with Crippen LogP contribution in [-0.4, -0.2) is 29.3 Å². The lowest BCUT2D eigenvalue weighted by molar-refractivity contribution is -0.121. The first-order chi connectivity index (χ1) is 7.63. The van der Waals surface area contributed by atoms with Crippen molar-refractivity contribution in [3.63, 3.8) is 0 Å². The maximum Gasteiger partial charge on any atom is 0.220 e. The molecule has 0 spiro atoms. The maximum absolute atomic E-state index is 11.5. The Morgan fingerprint density at radius 3 is 3.00 bits per heavy atom. The molecule has 5 nitrogen and oxygen atoms in total. The number of rotatable bonds is 6. The molecule has 1 aromatic rings. The molecule has 0 aliphatic heterocycles. The summed E-state index contributed by atoms with van der Waals surface area (Å²) in [5.41, 5.74) is 2.01. The summed E-state index contributed by atoms with van der Waals surface area (Å²) in [6.07, 6.45) is 3.09. The van der Waals surface area contributed by atoms with Gasteiger partial charge in [0.05, 0.1) is 12.3 Å². The Labute approximate surface area is 95.6 Å². The van der Waals surface area contributed by atoms with Crippen LogP contribution in [0.1, 0.15) is 31.0 Å². The van der Waals surface area contributed by atoms with Crippen molar-refractivity contribution in [3.8, 4) is 0 Å². The number of H-pyrrole nitrogens is 1. The summed E-state index contributed by atoms with van der Waals surface area (Å²) < 4.78 is 5.08. The van der Waals surface area contributed by atoms with Crippen molar-refractivity contribution in [2.45, 2.75) is 39.3 Å². The molecule has 0 aliphatic carbocycles. The third-order valence-corrected chi connectivity index (χ3v) is 2.59. The smallest absolute Gasteiger partial charge is 0.220 e. The first-order valence-corrected chi connectivity index (χ1v) is 5.41. The van der Waals surface area contributed by atoms with Crippen LogP contribution in [0.5, 0.6) is 0 Å². The Morgan fingerprint density at radius 2 is 2.44 bits per heavy atom. The maximum atomic E-state index is 11.5. The Morgan fingerprint density at radius 1 is 1.69 bits per heavy atom. The van der Waals surface area contributed by atoms with Crippen LogP contribution in [-0.2, 0) is 16.1 Å². The fraction of sp³-hybridized carbons (Fsp3) is 0.636. The number of hydrogen-bond donors (Lipinski definition) is 2. The van der Waals surface area contributed by atoms with E-state index in [-0.39, 0.29) is 12.0 Å². The molecule has 16 heavy (non-hydrogen) atoms. The second kappa shape index (κ2) is 6.27. The number of aromatic amines is 1. The lowest BCUT2D eigenvalue weighted by Gasteiger charge is -2.09. The summed E-state index contributed by atoms with van der Waals surface area (Å²) in [5, 5.41) is 9.57. The van der Waals surface area contributed by atoms with E-state index >= 15 is 0 Å². The molecule has 1 atom stereocenters. The zero-order valence-corrected chi connectivity index (χ0v) is 10.0. The van der Waals surface area contributed by atoms with E-state index in [9.17, 15) is 4.79 Å². The predicted octanol–water partition coefficient (Wildman–Crippen LogP) is 1.15. The molecule has 1 unspecified atom stereocenters. The van der Waals surface area contributed by atoms with E-state index in [1.807, 2.05) is 13.8 Å². The fourth-order valence-electron chi connectivity index (χ4n) is 1.29. The molecule has 2 N–H and O–H groups in total. The lowest BCUT2D eigenvalue weighted by Crippen LogP contribution is -2.24. The minimum Gasteiger partial charge on any atom is -0.382 e. The Hall–Kier alpha value is -1.36. The number of aryl methyl sites for hydroxylation is 1. The molecule has 5 heteroatoms. The number of methoxy groups -OCH3 is 1. The van der Waals surface area contributed by atoms with Crippen molar-refractivity contribution in [2.75, 3.05) is 7.11 Å². The monoisotopic (exact) mass is 225 g/mol. The molecule has 1 amide bonds. The molecule has 0 saturated heterocycles. The van der Waals surface area contributed by atoms with E-state index in [0.29, 0.717) is 13.0 Å². The molecular formula is C11H19N3O2. The highest BCUT2D eigenvalue weighted by atomic mass is 16.5. The first kappa shape index (κ1) is 12.7. The molecule has 1 heterocycles. The SMILES string of the molecule is COC(C)CCC(=O)NCc1cn[nH]c1C. The molecule has 1 aromatic heterocycles. The third-order valence-electron chi connectivity index (χ3n) is 2.59. The van der Waals surface area contributed by atoms with Gasteiger partial charge in [0.25, 0.3) is 0 Å². The van der Waals surface area contributed by atoms with Gasteiger partial charge in [-0.05, 0) is 20.3 Å². The van der Waals surface area contributed by atoms with Crippen molar-refractivity contribution < 1.29 is 9.53 Å². The summed E-state index contributed by atoms with van der Waals surface area (Å²) in [7, 11) is 1.65. The minimum atomic E-state index is 0.0458. The largest absolute Gasteiger partial charge is 0.382 e. The van der Waals surface area contributed by atoms with Crippen LogP contribution in [0, 0.1) is 6.92 Å². The molecule has 0 bridgehead atoms. The van der Waals surface area contributed by atoms with Crippen LogP contribution in [0.4, 0.5) is 0 Å². The van der Waals surface area contributed by atoms with Gasteiger partial charge >= 0.3 is 0 Å². The van der Waals surface area contributed by atoms with E-state index < -0.39 is 0 Å². The average molecular weight is 225 g/mol. The van der Waals surface area contributed by atoms with Crippen LogP contribution in [0.2, 0.25) is 0 Å². The van der Waals surface area contributed by atoms with Crippen molar-refractivity contribution in [3.05, 3.63) is 17.5 Å². The normalized spacial score (nSPS) is 12.4. The number of carbonyl (C=O) groups is 1. The molecule has 0 fully saturated rings. The highest BCUT2D eigenvalue weighted by molar-refractivity contribution is 5.75. The van der Waals surface area contributed by atoms with Gasteiger partial charge in [-0.15, -0.1) is 0 Å². The minimum absolute atomic E-state index is 0.0458. The summed E-state index contributed by atoms with van der Waals surface area (Å²) in [5.74, 6) is 0.0458. The van der Waals surface area contributed by atoms with Gasteiger partial charge in [-0.3, -0.25) is 9.89 Å². The number of ether oxygens (including phenoxy) is 1. The number of hydrogen-bond acceptors (Lipinski definition) is 3. The van der Waals surface area contributed by atoms with Gasteiger partial charge in [-0.2, -0.15) is 5.10 Å². The standard InChI is InChI=1S/C11H19N3O2/c1-8(16-3)4-5-11(15)12-6-10-7-13-14-9(10)2/h7-8H,4-6H2,1-3H3,(H,12,15)(H,13,14). The number of amides is 1. The van der Waals surface area contributed by atoms with E-state index in [1.165, 1.54) is 0 Å². The van der Waals surface area contributed by atoms with Gasteiger partial charge in [0.2, 0.25) is 5.91 Å². The van der Waals surface area contributed by atoms with Crippen LogP contribution < -0.4 is 5.32 Å². The number of nitrogens with one attached hydrogen (secondary N) is 2. The van der Waals surface area contributed by atoms with Gasteiger partial charge in [0.15, 0.2) is 0 Å². The van der Waals surface area contributed by atoms with E-state index in [2.05, 4.69) is 15.5 Å². The van der Waals surface area contributed by atoms with Crippen molar-refractivity contribution in [1.82, 2.24) is 15.5 Å². The van der Waals surface area contributed by atoms with Crippen molar-refractivity contribution in [2.24, 2.45) is 0 Å². The zero-order valence-electron chi connectivity index (χ0n) is 10.0. The molecule has 90 valence electrons. The van der Waals surface area contributed by atoms with Gasteiger partial charge in [0.1, 0.15) is 0 Å². The predicted molar refractivity (Wildman–Crippen MR) is 60.9 cm³/mol. The summed E-state index contributed by atoms with van der Waals surface area (Å²) >= 11 is 0. The van der Waals surface area contributed by atoms with Crippen LogP contribution >= 0.6 is 0 Å².